The van der Waals surface area contributed by atoms with Crippen molar-refractivity contribution in [2.75, 3.05) is 0 Å². The summed E-state index contributed by atoms with van der Waals surface area (Å²) in [6.07, 6.45) is 0. The molecule has 0 aliphatic heterocycles. The van der Waals surface area contributed by atoms with Crippen LogP contribution in [0.2, 0.25) is 0 Å². The van der Waals surface area contributed by atoms with Crippen LogP contribution in [0.1, 0.15) is 11.1 Å². The molecule has 13 heavy (non-hydrogen) atoms. The second kappa shape index (κ2) is 3.49. The molecular weight excluding hydrogens is 177 g/mol. The molecule has 0 unspecified atom stereocenters. The van der Waals surface area contributed by atoms with Crippen molar-refractivity contribution in [2.45, 2.75) is 13.5 Å². The molecule has 1 aromatic rings. The molecule has 0 aliphatic rings. The predicted molar refractivity (Wildman–Crippen MR) is 43.7 cm³/mol. The van der Waals surface area contributed by atoms with E-state index in [4.69, 9.17) is 5.11 Å². The third-order valence-corrected chi connectivity index (χ3v) is 1.81. The Balaban J connectivity index is 3.35. The number of nitro groups is 1. The molecule has 70 valence electrons. The zero-order valence-corrected chi connectivity index (χ0v) is 6.95. The lowest BCUT2D eigenvalue weighted by molar-refractivity contribution is -0.387. The number of benzene rings is 1. The highest BCUT2D eigenvalue weighted by Crippen LogP contribution is 2.23. The van der Waals surface area contributed by atoms with Gasteiger partial charge in [-0.1, -0.05) is 6.07 Å². The van der Waals surface area contributed by atoms with E-state index in [1.165, 1.54) is 6.07 Å². The van der Waals surface area contributed by atoms with E-state index in [9.17, 15) is 14.5 Å². The van der Waals surface area contributed by atoms with Crippen LogP contribution in [0.4, 0.5) is 10.1 Å². The van der Waals surface area contributed by atoms with Gasteiger partial charge in [-0.2, -0.15) is 4.39 Å². The Morgan fingerprint density at radius 2 is 2.23 bits per heavy atom. The lowest BCUT2D eigenvalue weighted by Gasteiger charge is -2.03. The standard InChI is InChI=1S/C8H8FNO3/c1-5-2-3-7(10(12)13)8(9)6(5)4-11/h2-3,11H,4H2,1H3. The Labute approximate surface area is 73.8 Å². The second-order valence-electron chi connectivity index (χ2n) is 2.61. The minimum absolute atomic E-state index is 0.0193. The smallest absolute Gasteiger partial charge is 0.305 e. The number of nitrogens with zero attached hydrogens (tertiary/aromatic N) is 1. The van der Waals surface area contributed by atoms with Crippen LogP contribution in [0.3, 0.4) is 0 Å². The molecule has 1 aromatic carbocycles. The van der Waals surface area contributed by atoms with Gasteiger partial charge in [-0.3, -0.25) is 10.1 Å². The minimum Gasteiger partial charge on any atom is -0.392 e. The van der Waals surface area contributed by atoms with Crippen molar-refractivity contribution in [1.29, 1.82) is 0 Å². The summed E-state index contributed by atoms with van der Waals surface area (Å²) >= 11 is 0. The lowest BCUT2D eigenvalue weighted by atomic mass is 10.1. The molecule has 1 rings (SSSR count). The maximum Gasteiger partial charge on any atom is 0.305 e. The highest BCUT2D eigenvalue weighted by Gasteiger charge is 2.18. The van der Waals surface area contributed by atoms with Gasteiger partial charge in [0, 0.05) is 11.6 Å². The van der Waals surface area contributed by atoms with E-state index in [0.717, 1.165) is 6.07 Å². The van der Waals surface area contributed by atoms with Crippen molar-refractivity contribution >= 4 is 5.69 Å². The molecule has 0 fully saturated rings. The highest BCUT2D eigenvalue weighted by molar-refractivity contribution is 5.41. The van der Waals surface area contributed by atoms with Gasteiger partial charge in [0.15, 0.2) is 0 Å². The summed E-state index contributed by atoms with van der Waals surface area (Å²) in [5.41, 5.74) is -0.116. The average Bonchev–Trinajstić information content (AvgIpc) is 2.04. The Morgan fingerprint density at radius 1 is 1.62 bits per heavy atom. The predicted octanol–water partition coefficient (Wildman–Crippen LogP) is 1.53. The van der Waals surface area contributed by atoms with Crippen LogP contribution in [0.15, 0.2) is 12.1 Å². The van der Waals surface area contributed by atoms with Gasteiger partial charge in [0.25, 0.3) is 0 Å². The van der Waals surface area contributed by atoms with Crippen LogP contribution in [-0.2, 0) is 6.61 Å². The number of nitro benzene ring substituents is 1. The number of aryl methyl sites for hydroxylation is 1. The molecule has 0 saturated carbocycles. The molecule has 0 amide bonds. The Bertz CT molecular complexity index is 351. The fourth-order valence-electron chi connectivity index (χ4n) is 1.04. The van der Waals surface area contributed by atoms with E-state index >= 15 is 0 Å². The Morgan fingerprint density at radius 3 is 2.69 bits per heavy atom. The number of hydrogen-bond donors (Lipinski definition) is 1. The molecule has 1 N–H and O–H groups in total. The van der Waals surface area contributed by atoms with Crippen LogP contribution < -0.4 is 0 Å². The summed E-state index contributed by atoms with van der Waals surface area (Å²) in [5.74, 6) is -0.951. The molecule has 0 radical (unpaired) electrons. The monoisotopic (exact) mass is 185 g/mol. The van der Waals surface area contributed by atoms with E-state index < -0.39 is 23.0 Å². The number of halogens is 1. The maximum atomic E-state index is 13.2. The molecule has 0 heterocycles. The van der Waals surface area contributed by atoms with Crippen molar-refractivity contribution in [3.63, 3.8) is 0 Å². The van der Waals surface area contributed by atoms with E-state index in [1.54, 1.807) is 6.92 Å². The molecule has 5 heteroatoms. The zero-order valence-electron chi connectivity index (χ0n) is 6.95. The minimum atomic E-state index is -0.951. The summed E-state index contributed by atoms with van der Waals surface area (Å²) in [4.78, 5) is 9.47. The third-order valence-electron chi connectivity index (χ3n) is 1.81. The summed E-state index contributed by atoms with van der Waals surface area (Å²) in [6, 6.07) is 2.50. The van der Waals surface area contributed by atoms with Gasteiger partial charge in [0.05, 0.1) is 11.5 Å². The normalized spacial score (nSPS) is 10.1. The van der Waals surface area contributed by atoms with Gasteiger partial charge < -0.3 is 5.11 Å². The SMILES string of the molecule is Cc1ccc([N+](=O)[O-])c(F)c1CO. The fraction of sp³-hybridized carbons (Fsp3) is 0.250. The van der Waals surface area contributed by atoms with Crippen molar-refractivity contribution in [3.05, 3.63) is 39.2 Å². The second-order valence-corrected chi connectivity index (χ2v) is 2.61. The first-order chi connectivity index (χ1) is 6.07. The molecule has 0 aromatic heterocycles. The van der Waals surface area contributed by atoms with Crippen molar-refractivity contribution in [1.82, 2.24) is 0 Å². The zero-order chi connectivity index (χ0) is 10.0. The maximum absolute atomic E-state index is 13.2. The van der Waals surface area contributed by atoms with E-state index in [2.05, 4.69) is 0 Å². The Kier molecular flexibility index (Phi) is 2.57. The van der Waals surface area contributed by atoms with E-state index in [0.29, 0.717) is 5.56 Å². The highest BCUT2D eigenvalue weighted by atomic mass is 19.1. The summed E-state index contributed by atoms with van der Waals surface area (Å²) in [7, 11) is 0. The molecule has 0 bridgehead atoms. The van der Waals surface area contributed by atoms with Crippen LogP contribution >= 0.6 is 0 Å². The van der Waals surface area contributed by atoms with Crippen LogP contribution in [0.5, 0.6) is 0 Å². The summed E-state index contributed by atoms with van der Waals surface area (Å²) in [5, 5.41) is 19.0. The van der Waals surface area contributed by atoms with Crippen molar-refractivity contribution in [3.8, 4) is 0 Å². The molecule has 4 nitrogen and oxygen atoms in total. The van der Waals surface area contributed by atoms with Crippen LogP contribution in [-0.4, -0.2) is 10.0 Å². The largest absolute Gasteiger partial charge is 0.392 e. The number of rotatable bonds is 2. The quantitative estimate of drug-likeness (QED) is 0.561. The number of hydrogen-bond acceptors (Lipinski definition) is 3. The number of aliphatic hydroxyl groups is 1. The third kappa shape index (κ3) is 1.65. The first-order valence-electron chi connectivity index (χ1n) is 3.61. The molecule has 0 aliphatic carbocycles. The van der Waals surface area contributed by atoms with Gasteiger partial charge in [0.2, 0.25) is 5.82 Å². The molecule has 0 saturated heterocycles. The first kappa shape index (κ1) is 9.60. The first-order valence-corrected chi connectivity index (χ1v) is 3.61. The van der Waals surface area contributed by atoms with Crippen LogP contribution in [0, 0.1) is 22.9 Å². The van der Waals surface area contributed by atoms with Gasteiger partial charge >= 0.3 is 5.69 Å². The van der Waals surface area contributed by atoms with Gasteiger partial charge in [-0.05, 0) is 12.5 Å². The number of aliphatic hydroxyl groups excluding tert-OH is 1. The Hall–Kier alpha value is -1.49. The van der Waals surface area contributed by atoms with Crippen LogP contribution in [0.25, 0.3) is 0 Å². The van der Waals surface area contributed by atoms with Crippen molar-refractivity contribution in [2.24, 2.45) is 0 Å². The molecule has 0 spiro atoms. The van der Waals surface area contributed by atoms with E-state index in [-0.39, 0.29) is 5.56 Å². The molecular formula is C8H8FNO3. The van der Waals surface area contributed by atoms with E-state index in [1.807, 2.05) is 0 Å². The topological polar surface area (TPSA) is 63.4 Å². The molecule has 0 atom stereocenters. The van der Waals surface area contributed by atoms with Gasteiger partial charge in [-0.25, -0.2) is 0 Å². The summed E-state index contributed by atoms with van der Waals surface area (Å²) < 4.78 is 13.2. The fourth-order valence-corrected chi connectivity index (χ4v) is 1.04. The van der Waals surface area contributed by atoms with Gasteiger partial charge in [0.1, 0.15) is 0 Å². The lowest BCUT2D eigenvalue weighted by Crippen LogP contribution is -1.99. The summed E-state index contributed by atoms with van der Waals surface area (Å²) in [6.45, 7) is 1.05. The van der Waals surface area contributed by atoms with Crippen molar-refractivity contribution < 1.29 is 14.4 Å². The van der Waals surface area contributed by atoms with Gasteiger partial charge in [-0.15, -0.1) is 0 Å². The average molecular weight is 185 g/mol.